The van der Waals surface area contributed by atoms with Crippen molar-refractivity contribution in [2.75, 3.05) is 18.8 Å². The van der Waals surface area contributed by atoms with Gasteiger partial charge >= 0.3 is 0 Å². The quantitative estimate of drug-likeness (QED) is 0.793. The maximum absolute atomic E-state index is 13.3. The second-order valence-corrected chi connectivity index (χ2v) is 5.53. The fraction of sp³-hybridized carbons (Fsp3) is 0.533. The summed E-state index contributed by atoms with van der Waals surface area (Å²) in [4.78, 5) is 14.1. The molecule has 0 saturated heterocycles. The van der Waals surface area contributed by atoms with E-state index in [1.807, 2.05) is 0 Å². The molecule has 0 heterocycles. The van der Waals surface area contributed by atoms with Crippen LogP contribution in [0.3, 0.4) is 0 Å². The number of carbonyl (C=O) groups is 1. The third kappa shape index (κ3) is 4.67. The maximum atomic E-state index is 13.3. The molecule has 0 saturated carbocycles. The van der Waals surface area contributed by atoms with Crippen LogP contribution in [0.25, 0.3) is 0 Å². The van der Waals surface area contributed by atoms with Gasteiger partial charge in [-0.2, -0.15) is 0 Å². The fourth-order valence-electron chi connectivity index (χ4n) is 2.23. The summed E-state index contributed by atoms with van der Waals surface area (Å²) in [5, 5.41) is 2.66. The number of benzene rings is 1. The van der Waals surface area contributed by atoms with E-state index in [4.69, 9.17) is 5.73 Å². The Morgan fingerprint density at radius 1 is 1.19 bits per heavy atom. The number of nitrogens with two attached hydrogens (primary N) is 1. The predicted octanol–water partition coefficient (Wildman–Crippen LogP) is 2.40. The summed E-state index contributed by atoms with van der Waals surface area (Å²) in [6.07, 6.45) is 0. The molecule has 0 aromatic heterocycles. The SMILES string of the molecule is CC(C)N(CCNC(=O)c1cc(F)c(N)c(F)c1)C(C)C. The second kappa shape index (κ2) is 7.36. The number of anilines is 1. The van der Waals surface area contributed by atoms with Crippen LogP contribution in [0.15, 0.2) is 12.1 Å². The molecule has 1 rings (SSSR count). The molecule has 0 aliphatic heterocycles. The van der Waals surface area contributed by atoms with Gasteiger partial charge in [-0.1, -0.05) is 0 Å². The van der Waals surface area contributed by atoms with Crippen molar-refractivity contribution in [3.05, 3.63) is 29.3 Å². The van der Waals surface area contributed by atoms with Gasteiger partial charge in [0.25, 0.3) is 5.91 Å². The number of amides is 1. The normalized spacial score (nSPS) is 11.5. The largest absolute Gasteiger partial charge is 0.394 e. The van der Waals surface area contributed by atoms with Crippen molar-refractivity contribution in [2.24, 2.45) is 0 Å². The Hall–Kier alpha value is -1.69. The Labute approximate surface area is 124 Å². The third-order valence-corrected chi connectivity index (χ3v) is 3.32. The number of carbonyl (C=O) groups excluding carboxylic acids is 1. The molecule has 1 aromatic carbocycles. The molecular formula is C15H23F2N3O. The molecule has 1 aromatic rings. The lowest BCUT2D eigenvalue weighted by molar-refractivity contribution is 0.0938. The van der Waals surface area contributed by atoms with E-state index in [1.165, 1.54) is 0 Å². The van der Waals surface area contributed by atoms with Gasteiger partial charge in [0.05, 0.1) is 0 Å². The Bertz CT molecular complexity index is 473. The lowest BCUT2D eigenvalue weighted by Gasteiger charge is -2.30. The van der Waals surface area contributed by atoms with Crippen LogP contribution < -0.4 is 11.1 Å². The zero-order valence-electron chi connectivity index (χ0n) is 12.9. The molecule has 0 spiro atoms. The summed E-state index contributed by atoms with van der Waals surface area (Å²) in [5.74, 6) is -2.36. The van der Waals surface area contributed by atoms with Crippen molar-refractivity contribution in [3.63, 3.8) is 0 Å². The first-order chi connectivity index (χ1) is 9.73. The average Bonchev–Trinajstić information content (AvgIpc) is 2.39. The molecule has 6 heteroatoms. The van der Waals surface area contributed by atoms with Gasteiger partial charge in [0.1, 0.15) is 17.3 Å². The number of nitrogens with zero attached hydrogens (tertiary/aromatic N) is 1. The zero-order valence-corrected chi connectivity index (χ0v) is 12.9. The summed E-state index contributed by atoms with van der Waals surface area (Å²) in [5.41, 5.74) is 4.53. The topological polar surface area (TPSA) is 58.4 Å². The molecule has 0 atom stereocenters. The summed E-state index contributed by atoms with van der Waals surface area (Å²) in [7, 11) is 0. The summed E-state index contributed by atoms with van der Waals surface area (Å²) < 4.78 is 26.6. The Kier molecular flexibility index (Phi) is 6.08. The molecule has 0 bridgehead atoms. The number of hydrogen-bond acceptors (Lipinski definition) is 3. The third-order valence-electron chi connectivity index (χ3n) is 3.32. The first-order valence-electron chi connectivity index (χ1n) is 7.02. The van der Waals surface area contributed by atoms with E-state index in [-0.39, 0.29) is 5.56 Å². The van der Waals surface area contributed by atoms with Gasteiger partial charge in [-0.15, -0.1) is 0 Å². The molecular weight excluding hydrogens is 276 g/mol. The number of halogens is 2. The van der Waals surface area contributed by atoms with Crippen molar-refractivity contribution in [1.82, 2.24) is 10.2 Å². The molecule has 0 unspecified atom stereocenters. The standard InChI is InChI=1S/C15H23F2N3O/c1-9(2)20(10(3)4)6-5-19-15(21)11-7-12(16)14(18)13(17)8-11/h7-10H,5-6,18H2,1-4H3,(H,19,21). The van der Waals surface area contributed by atoms with E-state index >= 15 is 0 Å². The van der Waals surface area contributed by atoms with Crippen LogP contribution in [0.1, 0.15) is 38.1 Å². The highest BCUT2D eigenvalue weighted by Crippen LogP contribution is 2.17. The monoisotopic (exact) mass is 299 g/mol. The van der Waals surface area contributed by atoms with Crippen LogP contribution in [0.2, 0.25) is 0 Å². The minimum absolute atomic E-state index is 0.0696. The van der Waals surface area contributed by atoms with E-state index in [0.29, 0.717) is 25.2 Å². The van der Waals surface area contributed by atoms with Gasteiger partial charge in [-0.05, 0) is 39.8 Å². The van der Waals surface area contributed by atoms with Crippen LogP contribution in [-0.4, -0.2) is 36.0 Å². The molecule has 0 aliphatic carbocycles. The van der Waals surface area contributed by atoms with Crippen LogP contribution in [0.4, 0.5) is 14.5 Å². The van der Waals surface area contributed by atoms with Crippen molar-refractivity contribution >= 4 is 11.6 Å². The van der Waals surface area contributed by atoms with Gasteiger partial charge in [0, 0.05) is 30.7 Å². The molecule has 1 amide bonds. The van der Waals surface area contributed by atoms with Gasteiger partial charge in [-0.25, -0.2) is 8.78 Å². The Morgan fingerprint density at radius 3 is 2.10 bits per heavy atom. The van der Waals surface area contributed by atoms with Crippen LogP contribution in [-0.2, 0) is 0 Å². The summed E-state index contributed by atoms with van der Waals surface area (Å²) >= 11 is 0. The maximum Gasteiger partial charge on any atom is 0.251 e. The van der Waals surface area contributed by atoms with Crippen LogP contribution in [0.5, 0.6) is 0 Å². The van der Waals surface area contributed by atoms with Crippen molar-refractivity contribution in [3.8, 4) is 0 Å². The highest BCUT2D eigenvalue weighted by molar-refractivity contribution is 5.94. The molecule has 0 radical (unpaired) electrons. The lowest BCUT2D eigenvalue weighted by Crippen LogP contribution is -2.42. The molecule has 118 valence electrons. The van der Waals surface area contributed by atoms with Crippen molar-refractivity contribution in [2.45, 2.75) is 39.8 Å². The first-order valence-corrected chi connectivity index (χ1v) is 7.02. The second-order valence-electron chi connectivity index (χ2n) is 5.53. The minimum atomic E-state index is -0.925. The zero-order chi connectivity index (χ0) is 16.2. The van der Waals surface area contributed by atoms with E-state index in [2.05, 4.69) is 37.9 Å². The Morgan fingerprint density at radius 2 is 1.67 bits per heavy atom. The van der Waals surface area contributed by atoms with E-state index in [1.54, 1.807) is 0 Å². The van der Waals surface area contributed by atoms with Gasteiger partial charge < -0.3 is 11.1 Å². The average molecular weight is 299 g/mol. The number of hydrogen-bond donors (Lipinski definition) is 2. The molecule has 4 nitrogen and oxygen atoms in total. The minimum Gasteiger partial charge on any atom is -0.394 e. The highest BCUT2D eigenvalue weighted by Gasteiger charge is 2.15. The van der Waals surface area contributed by atoms with Crippen molar-refractivity contribution < 1.29 is 13.6 Å². The van der Waals surface area contributed by atoms with Crippen LogP contribution >= 0.6 is 0 Å². The summed E-state index contributed by atoms with van der Waals surface area (Å²) in [6.45, 7) is 9.38. The number of rotatable bonds is 6. The number of nitrogens with one attached hydrogen (secondary N) is 1. The van der Waals surface area contributed by atoms with E-state index < -0.39 is 23.2 Å². The molecule has 21 heavy (non-hydrogen) atoms. The van der Waals surface area contributed by atoms with Crippen molar-refractivity contribution in [1.29, 1.82) is 0 Å². The smallest absolute Gasteiger partial charge is 0.251 e. The van der Waals surface area contributed by atoms with Gasteiger partial charge in [0.2, 0.25) is 0 Å². The fourth-order valence-corrected chi connectivity index (χ4v) is 2.23. The molecule has 3 N–H and O–H groups in total. The lowest BCUT2D eigenvalue weighted by atomic mass is 10.1. The number of nitrogen functional groups attached to an aromatic ring is 1. The van der Waals surface area contributed by atoms with Gasteiger partial charge in [0.15, 0.2) is 0 Å². The first kappa shape index (κ1) is 17.4. The summed E-state index contributed by atoms with van der Waals surface area (Å²) in [6, 6.07) is 2.59. The molecule has 0 aliphatic rings. The van der Waals surface area contributed by atoms with E-state index in [9.17, 15) is 13.6 Å². The molecule has 0 fully saturated rings. The van der Waals surface area contributed by atoms with E-state index in [0.717, 1.165) is 12.1 Å². The van der Waals surface area contributed by atoms with Gasteiger partial charge in [-0.3, -0.25) is 9.69 Å². The highest BCUT2D eigenvalue weighted by atomic mass is 19.1. The van der Waals surface area contributed by atoms with Crippen LogP contribution in [0, 0.1) is 11.6 Å². The predicted molar refractivity (Wildman–Crippen MR) is 80.1 cm³/mol. The Balaban J connectivity index is 2.62.